The van der Waals surface area contributed by atoms with Crippen molar-refractivity contribution in [3.63, 3.8) is 0 Å². The van der Waals surface area contributed by atoms with Crippen molar-refractivity contribution in [1.82, 2.24) is 15.5 Å². The lowest BCUT2D eigenvalue weighted by Gasteiger charge is -2.36. The van der Waals surface area contributed by atoms with Gasteiger partial charge in [0.1, 0.15) is 0 Å². The molecule has 1 aliphatic heterocycles. The summed E-state index contributed by atoms with van der Waals surface area (Å²) in [7, 11) is 1.84. The van der Waals surface area contributed by atoms with E-state index in [1.165, 1.54) is 38.2 Å². The summed E-state index contributed by atoms with van der Waals surface area (Å²) in [4.78, 5) is 9.34. The van der Waals surface area contributed by atoms with Gasteiger partial charge in [0.15, 0.2) is 5.96 Å². The zero-order chi connectivity index (χ0) is 17.9. The third-order valence-corrected chi connectivity index (χ3v) is 4.59. The van der Waals surface area contributed by atoms with Crippen molar-refractivity contribution < 1.29 is 0 Å². The van der Waals surface area contributed by atoms with Crippen molar-refractivity contribution in [2.45, 2.75) is 26.7 Å². The van der Waals surface area contributed by atoms with Crippen molar-refractivity contribution in [3.05, 3.63) is 30.3 Å². The Labute approximate surface area is 153 Å². The molecule has 0 radical (unpaired) electrons. The molecule has 0 saturated carbocycles. The summed E-state index contributed by atoms with van der Waals surface area (Å²) in [5.74, 6) is 1.55. The molecule has 25 heavy (non-hydrogen) atoms. The van der Waals surface area contributed by atoms with Crippen LogP contribution >= 0.6 is 0 Å². The van der Waals surface area contributed by atoms with Crippen molar-refractivity contribution >= 4 is 11.6 Å². The van der Waals surface area contributed by atoms with E-state index in [0.717, 1.165) is 32.1 Å². The smallest absolute Gasteiger partial charge is 0.190 e. The number of para-hydroxylation sites is 1. The Kier molecular flexibility index (Phi) is 8.60. The molecule has 5 heteroatoms. The highest BCUT2D eigenvalue weighted by molar-refractivity contribution is 5.79. The Morgan fingerprint density at radius 3 is 2.40 bits per heavy atom. The van der Waals surface area contributed by atoms with E-state index >= 15 is 0 Å². The quantitative estimate of drug-likeness (QED) is 0.431. The minimum Gasteiger partial charge on any atom is -0.369 e. The Hall–Kier alpha value is -1.75. The van der Waals surface area contributed by atoms with Crippen LogP contribution < -0.4 is 15.5 Å². The van der Waals surface area contributed by atoms with E-state index in [4.69, 9.17) is 0 Å². The average Bonchev–Trinajstić information content (AvgIpc) is 2.65. The van der Waals surface area contributed by atoms with Gasteiger partial charge >= 0.3 is 0 Å². The second kappa shape index (κ2) is 11.0. The van der Waals surface area contributed by atoms with Gasteiger partial charge in [-0.1, -0.05) is 32.0 Å². The normalized spacial score (nSPS) is 16.3. The van der Waals surface area contributed by atoms with Gasteiger partial charge in [0.25, 0.3) is 0 Å². The Bertz CT molecular complexity index is 492. The van der Waals surface area contributed by atoms with Crippen molar-refractivity contribution in [3.8, 4) is 0 Å². The summed E-state index contributed by atoms with van der Waals surface area (Å²) in [6.45, 7) is 12.2. The predicted octanol–water partition coefficient (Wildman–Crippen LogP) is 2.41. The van der Waals surface area contributed by atoms with Gasteiger partial charge in [-0.05, 0) is 37.4 Å². The highest BCUT2D eigenvalue weighted by Crippen LogP contribution is 2.15. The molecule has 1 fully saturated rings. The molecule has 1 heterocycles. The van der Waals surface area contributed by atoms with Crippen molar-refractivity contribution in [2.75, 3.05) is 57.8 Å². The van der Waals surface area contributed by atoms with Crippen molar-refractivity contribution in [2.24, 2.45) is 10.9 Å². The molecule has 0 atom stereocenters. The molecule has 1 aromatic carbocycles. The standard InChI is InChI=1S/C20H35N5/c1-18(2)17-23-20(21-3)22-11-7-8-12-24-13-15-25(16-14-24)19-9-5-4-6-10-19/h4-6,9-10,18H,7-8,11-17H2,1-3H3,(H2,21,22,23). The van der Waals surface area contributed by atoms with Crippen LogP contribution in [0, 0.1) is 5.92 Å². The second-order valence-electron chi connectivity index (χ2n) is 7.15. The lowest BCUT2D eigenvalue weighted by molar-refractivity contribution is 0.253. The van der Waals surface area contributed by atoms with Crippen LogP contribution in [0.4, 0.5) is 5.69 Å². The molecule has 1 aromatic rings. The number of unbranched alkanes of at least 4 members (excludes halogenated alkanes) is 1. The maximum Gasteiger partial charge on any atom is 0.190 e. The number of anilines is 1. The summed E-state index contributed by atoms with van der Waals surface area (Å²) in [5.41, 5.74) is 1.35. The maximum absolute atomic E-state index is 4.26. The zero-order valence-electron chi connectivity index (χ0n) is 16.2. The molecule has 2 rings (SSSR count). The Morgan fingerprint density at radius 2 is 1.76 bits per heavy atom. The number of nitrogens with one attached hydrogen (secondary N) is 2. The van der Waals surface area contributed by atoms with Crippen LogP contribution in [0.25, 0.3) is 0 Å². The minimum atomic E-state index is 0.633. The average molecular weight is 346 g/mol. The van der Waals surface area contributed by atoms with Crippen LogP contribution in [0.1, 0.15) is 26.7 Å². The molecule has 0 aliphatic carbocycles. The van der Waals surface area contributed by atoms with Gasteiger partial charge < -0.3 is 15.5 Å². The van der Waals surface area contributed by atoms with Crippen LogP contribution in [-0.2, 0) is 0 Å². The van der Waals surface area contributed by atoms with E-state index in [2.05, 4.69) is 69.6 Å². The molecule has 1 aliphatic rings. The highest BCUT2D eigenvalue weighted by Gasteiger charge is 2.16. The molecular weight excluding hydrogens is 310 g/mol. The lowest BCUT2D eigenvalue weighted by atomic mass is 10.2. The number of rotatable bonds is 8. The fourth-order valence-corrected chi connectivity index (χ4v) is 3.06. The Balaban J connectivity index is 1.55. The zero-order valence-corrected chi connectivity index (χ0v) is 16.2. The molecular formula is C20H35N5. The summed E-state index contributed by atoms with van der Waals surface area (Å²) in [6.07, 6.45) is 2.42. The molecule has 0 spiro atoms. The Morgan fingerprint density at radius 1 is 1.04 bits per heavy atom. The van der Waals surface area contributed by atoms with Gasteiger partial charge in [0, 0.05) is 52.0 Å². The lowest BCUT2D eigenvalue weighted by Crippen LogP contribution is -2.46. The molecule has 0 unspecified atom stereocenters. The number of hydrogen-bond acceptors (Lipinski definition) is 3. The number of benzene rings is 1. The van der Waals surface area contributed by atoms with E-state index in [1.54, 1.807) is 0 Å². The topological polar surface area (TPSA) is 42.9 Å². The first-order valence-electron chi connectivity index (χ1n) is 9.66. The van der Waals surface area contributed by atoms with Crippen LogP contribution in [0.3, 0.4) is 0 Å². The third kappa shape index (κ3) is 7.34. The highest BCUT2D eigenvalue weighted by atomic mass is 15.3. The summed E-state index contributed by atoms with van der Waals surface area (Å²) in [5, 5.41) is 6.76. The summed E-state index contributed by atoms with van der Waals surface area (Å²) in [6, 6.07) is 10.8. The number of nitrogens with zero attached hydrogens (tertiary/aromatic N) is 3. The van der Waals surface area contributed by atoms with Gasteiger partial charge in [-0.3, -0.25) is 9.89 Å². The van der Waals surface area contributed by atoms with Gasteiger partial charge in [0.2, 0.25) is 0 Å². The molecule has 0 bridgehead atoms. The number of guanidine groups is 1. The van der Waals surface area contributed by atoms with Gasteiger partial charge in [0.05, 0.1) is 0 Å². The van der Waals surface area contributed by atoms with Crippen LogP contribution in [0.15, 0.2) is 35.3 Å². The van der Waals surface area contributed by atoms with E-state index in [0.29, 0.717) is 5.92 Å². The first-order valence-corrected chi connectivity index (χ1v) is 9.66. The molecule has 0 aromatic heterocycles. The molecule has 140 valence electrons. The van der Waals surface area contributed by atoms with E-state index in [9.17, 15) is 0 Å². The third-order valence-electron chi connectivity index (χ3n) is 4.59. The van der Waals surface area contributed by atoms with Gasteiger partial charge in [-0.15, -0.1) is 0 Å². The van der Waals surface area contributed by atoms with E-state index < -0.39 is 0 Å². The summed E-state index contributed by atoms with van der Waals surface area (Å²) < 4.78 is 0. The van der Waals surface area contributed by atoms with E-state index in [1.807, 2.05) is 7.05 Å². The van der Waals surface area contributed by atoms with Crippen LogP contribution in [0.2, 0.25) is 0 Å². The fraction of sp³-hybridized carbons (Fsp3) is 0.650. The molecule has 5 nitrogen and oxygen atoms in total. The van der Waals surface area contributed by atoms with Crippen LogP contribution in [-0.4, -0.2) is 63.7 Å². The monoisotopic (exact) mass is 345 g/mol. The predicted molar refractivity (Wildman–Crippen MR) is 109 cm³/mol. The van der Waals surface area contributed by atoms with Crippen molar-refractivity contribution in [1.29, 1.82) is 0 Å². The minimum absolute atomic E-state index is 0.633. The number of piperazine rings is 1. The van der Waals surface area contributed by atoms with E-state index in [-0.39, 0.29) is 0 Å². The largest absolute Gasteiger partial charge is 0.369 e. The number of hydrogen-bond donors (Lipinski definition) is 2. The SMILES string of the molecule is CN=C(NCCCCN1CCN(c2ccccc2)CC1)NCC(C)C. The van der Waals surface area contributed by atoms with Gasteiger partial charge in [-0.2, -0.15) is 0 Å². The molecule has 1 saturated heterocycles. The second-order valence-corrected chi connectivity index (χ2v) is 7.15. The number of aliphatic imine (C=N–C) groups is 1. The first kappa shape index (κ1) is 19.6. The maximum atomic E-state index is 4.26. The fourth-order valence-electron chi connectivity index (χ4n) is 3.06. The molecule has 0 amide bonds. The molecule has 2 N–H and O–H groups in total. The van der Waals surface area contributed by atoms with Gasteiger partial charge in [-0.25, -0.2) is 0 Å². The first-order chi connectivity index (χ1) is 12.2. The van der Waals surface area contributed by atoms with Crippen LogP contribution in [0.5, 0.6) is 0 Å². The summed E-state index contributed by atoms with van der Waals surface area (Å²) >= 11 is 0.